The normalized spacial score (nSPS) is 18.4. The standard InChI is InChI=1S/C29H40N3O5/c1-32(18-20-8-6-9-20,22-12-14-37-15-13-22)28-24-11-7-10-23(31(24)30-29(28)36-5)27-25(34-3)16-21(19-33-2)17-26(27)35-4/h7,10-11,16-17,20,22H,6,8-9,12-15,18-19H2,1-5H3/q+1. The number of pyridine rings is 1. The molecule has 0 amide bonds. The highest BCUT2D eigenvalue weighted by molar-refractivity contribution is 5.83. The van der Waals surface area contributed by atoms with Crippen molar-refractivity contribution < 1.29 is 23.7 Å². The Bertz CT molecular complexity index is 1210. The van der Waals surface area contributed by atoms with Crippen LogP contribution in [0.3, 0.4) is 0 Å². The van der Waals surface area contributed by atoms with E-state index >= 15 is 0 Å². The second-order valence-corrected chi connectivity index (χ2v) is 10.5. The second kappa shape index (κ2) is 10.9. The molecule has 0 N–H and O–H groups in total. The van der Waals surface area contributed by atoms with Crippen molar-refractivity contribution >= 4 is 11.2 Å². The first kappa shape index (κ1) is 25.8. The van der Waals surface area contributed by atoms with Crippen LogP contribution in [0.1, 0.15) is 37.7 Å². The summed E-state index contributed by atoms with van der Waals surface area (Å²) in [6, 6.07) is 10.8. The zero-order valence-corrected chi connectivity index (χ0v) is 22.8. The summed E-state index contributed by atoms with van der Waals surface area (Å²) >= 11 is 0. The summed E-state index contributed by atoms with van der Waals surface area (Å²) in [5.41, 5.74) is 4.92. The van der Waals surface area contributed by atoms with Crippen LogP contribution in [-0.2, 0) is 16.1 Å². The Morgan fingerprint density at radius 2 is 1.68 bits per heavy atom. The second-order valence-electron chi connectivity index (χ2n) is 10.5. The molecule has 8 nitrogen and oxygen atoms in total. The van der Waals surface area contributed by atoms with E-state index in [4.69, 9.17) is 28.8 Å². The maximum absolute atomic E-state index is 6.00. The van der Waals surface area contributed by atoms with Gasteiger partial charge in [0, 0.05) is 25.9 Å². The van der Waals surface area contributed by atoms with Gasteiger partial charge in [-0.05, 0) is 42.7 Å². The highest BCUT2D eigenvalue weighted by atomic mass is 16.5. The highest BCUT2D eigenvalue weighted by Crippen LogP contribution is 2.46. The topological polar surface area (TPSA) is 63.5 Å². The van der Waals surface area contributed by atoms with Crippen LogP contribution in [0.25, 0.3) is 16.8 Å². The highest BCUT2D eigenvalue weighted by Gasteiger charge is 2.44. The van der Waals surface area contributed by atoms with Crippen LogP contribution in [0, 0.1) is 5.92 Å². The van der Waals surface area contributed by atoms with E-state index in [1.807, 2.05) is 16.6 Å². The van der Waals surface area contributed by atoms with E-state index in [0.29, 0.717) is 30.0 Å². The van der Waals surface area contributed by atoms with Gasteiger partial charge in [0.2, 0.25) is 5.69 Å². The molecular weight excluding hydrogens is 470 g/mol. The molecule has 200 valence electrons. The van der Waals surface area contributed by atoms with Gasteiger partial charge in [0.1, 0.15) is 17.0 Å². The summed E-state index contributed by atoms with van der Waals surface area (Å²) in [7, 11) is 9.15. The number of ether oxygens (including phenoxy) is 5. The molecule has 2 aromatic heterocycles. The zero-order valence-electron chi connectivity index (χ0n) is 22.8. The van der Waals surface area contributed by atoms with E-state index in [1.54, 1.807) is 28.4 Å². The average Bonchev–Trinajstić information content (AvgIpc) is 3.30. The SMILES string of the molecule is COCc1cc(OC)c(-c2cccc3c([N+](C)(CC4CCC4)C4CCOCC4)c(OC)nn23)c(OC)c1. The van der Waals surface area contributed by atoms with E-state index < -0.39 is 0 Å². The summed E-state index contributed by atoms with van der Waals surface area (Å²) in [5, 5.41) is 5.04. The first-order chi connectivity index (χ1) is 18.0. The van der Waals surface area contributed by atoms with E-state index in [-0.39, 0.29) is 0 Å². The number of hydrogen-bond donors (Lipinski definition) is 0. The third-order valence-corrected chi connectivity index (χ3v) is 8.30. The molecule has 0 radical (unpaired) electrons. The number of fused-ring (bicyclic) bond motifs is 1. The molecule has 2 fully saturated rings. The zero-order chi connectivity index (χ0) is 26.0. The van der Waals surface area contributed by atoms with Gasteiger partial charge in [-0.3, -0.25) is 4.48 Å². The molecule has 0 bridgehead atoms. The minimum absolute atomic E-state index is 0.456. The van der Waals surface area contributed by atoms with E-state index in [2.05, 4.69) is 25.2 Å². The fraction of sp³-hybridized carbons (Fsp3) is 0.552. The lowest BCUT2D eigenvalue weighted by molar-refractivity contribution is 0.0353. The van der Waals surface area contributed by atoms with Gasteiger partial charge in [-0.1, -0.05) is 12.5 Å². The van der Waals surface area contributed by atoms with Crippen molar-refractivity contribution in [1.82, 2.24) is 14.1 Å². The molecule has 1 aliphatic carbocycles. The van der Waals surface area contributed by atoms with Crippen LogP contribution in [0.2, 0.25) is 0 Å². The van der Waals surface area contributed by atoms with Crippen molar-refractivity contribution in [2.24, 2.45) is 5.92 Å². The fourth-order valence-corrected chi connectivity index (χ4v) is 6.20. The van der Waals surface area contributed by atoms with Crippen molar-refractivity contribution in [1.29, 1.82) is 0 Å². The number of hydrogen-bond acceptors (Lipinski definition) is 6. The van der Waals surface area contributed by atoms with Crippen molar-refractivity contribution in [3.63, 3.8) is 0 Å². The third kappa shape index (κ3) is 4.67. The molecule has 1 atom stereocenters. The van der Waals surface area contributed by atoms with Gasteiger partial charge in [0.15, 0.2) is 0 Å². The largest absolute Gasteiger partial charge is 0.496 e. The molecule has 3 heterocycles. The molecule has 1 aliphatic heterocycles. The number of aromatic nitrogens is 2. The summed E-state index contributed by atoms with van der Waals surface area (Å²) in [6.07, 6.45) is 5.99. The van der Waals surface area contributed by atoms with Crippen LogP contribution in [0.5, 0.6) is 17.4 Å². The fourth-order valence-electron chi connectivity index (χ4n) is 6.20. The van der Waals surface area contributed by atoms with Gasteiger partial charge in [0.25, 0.3) is 5.88 Å². The number of rotatable bonds is 10. The molecule has 2 aliphatic rings. The van der Waals surface area contributed by atoms with Gasteiger partial charge in [-0.25, -0.2) is 4.52 Å². The first-order valence-electron chi connectivity index (χ1n) is 13.3. The Morgan fingerprint density at radius 1 is 0.973 bits per heavy atom. The Balaban J connectivity index is 1.71. The molecule has 1 saturated heterocycles. The van der Waals surface area contributed by atoms with E-state index in [0.717, 1.165) is 71.0 Å². The molecule has 1 saturated carbocycles. The van der Waals surface area contributed by atoms with Crippen LogP contribution < -0.4 is 18.7 Å². The monoisotopic (exact) mass is 510 g/mol. The van der Waals surface area contributed by atoms with E-state index in [9.17, 15) is 0 Å². The first-order valence-corrected chi connectivity index (χ1v) is 13.3. The van der Waals surface area contributed by atoms with Crippen molar-refractivity contribution in [3.05, 3.63) is 35.9 Å². The lowest BCUT2D eigenvalue weighted by atomic mass is 9.83. The van der Waals surface area contributed by atoms with Crippen LogP contribution >= 0.6 is 0 Å². The summed E-state index contributed by atoms with van der Waals surface area (Å²) < 4.78 is 31.6. The van der Waals surface area contributed by atoms with Crippen molar-refractivity contribution in [2.45, 2.75) is 44.8 Å². The van der Waals surface area contributed by atoms with Gasteiger partial charge in [0.05, 0.1) is 72.0 Å². The summed E-state index contributed by atoms with van der Waals surface area (Å²) in [5.74, 6) is 2.83. The van der Waals surface area contributed by atoms with Crippen LogP contribution in [0.15, 0.2) is 30.3 Å². The minimum Gasteiger partial charge on any atom is -0.496 e. The molecular formula is C29H40N3O5+. The quantitative estimate of drug-likeness (QED) is 0.354. The van der Waals surface area contributed by atoms with Gasteiger partial charge in [-0.15, -0.1) is 5.10 Å². The lowest BCUT2D eigenvalue weighted by Crippen LogP contribution is -2.58. The average molecular weight is 511 g/mol. The van der Waals surface area contributed by atoms with Crippen molar-refractivity contribution in [3.8, 4) is 28.6 Å². The Kier molecular flexibility index (Phi) is 7.60. The lowest BCUT2D eigenvalue weighted by Gasteiger charge is -2.45. The molecule has 5 rings (SSSR count). The Hall–Kier alpha value is -2.81. The molecule has 1 aromatic carbocycles. The number of nitrogens with zero attached hydrogens (tertiary/aromatic N) is 3. The van der Waals surface area contributed by atoms with Gasteiger partial charge < -0.3 is 23.7 Å². The molecule has 8 heteroatoms. The number of benzene rings is 1. The maximum Gasteiger partial charge on any atom is 0.296 e. The number of methoxy groups -OCH3 is 4. The van der Waals surface area contributed by atoms with Gasteiger partial charge >= 0.3 is 0 Å². The van der Waals surface area contributed by atoms with Crippen molar-refractivity contribution in [2.75, 3.05) is 55.2 Å². The smallest absolute Gasteiger partial charge is 0.296 e. The Morgan fingerprint density at radius 3 is 2.24 bits per heavy atom. The predicted octanol–water partition coefficient (Wildman–Crippen LogP) is 5.09. The van der Waals surface area contributed by atoms with Crippen LogP contribution in [-0.4, -0.2) is 70.9 Å². The minimum atomic E-state index is 0.456. The maximum atomic E-state index is 6.00. The molecule has 1 unspecified atom stereocenters. The molecule has 3 aromatic rings. The Labute approximate surface area is 219 Å². The number of quaternary nitrogens is 1. The third-order valence-electron chi connectivity index (χ3n) is 8.30. The predicted molar refractivity (Wildman–Crippen MR) is 145 cm³/mol. The van der Waals surface area contributed by atoms with Crippen LogP contribution in [0.4, 0.5) is 5.69 Å². The molecule has 37 heavy (non-hydrogen) atoms. The summed E-state index contributed by atoms with van der Waals surface area (Å²) in [6.45, 7) is 3.17. The van der Waals surface area contributed by atoms with E-state index in [1.165, 1.54) is 19.3 Å². The summed E-state index contributed by atoms with van der Waals surface area (Å²) in [4.78, 5) is 0. The van der Waals surface area contributed by atoms with Gasteiger partial charge in [-0.2, -0.15) is 0 Å². The molecule has 0 spiro atoms.